The molecule has 0 radical (unpaired) electrons. The smallest absolute Gasteiger partial charge is 0.410 e. The second kappa shape index (κ2) is 8.37. The second-order valence-corrected chi connectivity index (χ2v) is 7.36. The van der Waals surface area contributed by atoms with E-state index in [0.29, 0.717) is 24.9 Å². The maximum Gasteiger partial charge on any atom is 0.410 e. The predicted octanol–water partition coefficient (Wildman–Crippen LogP) is 4.88. The van der Waals surface area contributed by atoms with Gasteiger partial charge in [-0.3, -0.25) is 0 Å². The molecule has 1 aliphatic rings. The number of hydrogen-bond donors (Lipinski definition) is 0. The summed E-state index contributed by atoms with van der Waals surface area (Å²) in [4.78, 5) is 14.0. The van der Waals surface area contributed by atoms with Gasteiger partial charge in [-0.05, 0) is 38.8 Å². The van der Waals surface area contributed by atoms with Crippen molar-refractivity contribution in [2.45, 2.75) is 58.7 Å². The molecular formula is C20H28FNO3. The van der Waals surface area contributed by atoms with Crippen LogP contribution in [0.1, 0.15) is 46.1 Å². The van der Waals surface area contributed by atoms with Crippen molar-refractivity contribution >= 4 is 6.09 Å². The highest BCUT2D eigenvalue weighted by atomic mass is 19.1. The molecule has 5 heteroatoms. The first-order chi connectivity index (χ1) is 11.8. The Kier molecular flexibility index (Phi) is 6.45. The van der Waals surface area contributed by atoms with Crippen LogP contribution in [0, 0.1) is 0 Å². The summed E-state index contributed by atoms with van der Waals surface area (Å²) in [6, 6.07) is 7.70. The van der Waals surface area contributed by atoms with Crippen LogP contribution in [0.25, 0.3) is 0 Å². The third-order valence-electron chi connectivity index (χ3n) is 4.01. The lowest BCUT2D eigenvalue weighted by Crippen LogP contribution is -2.40. The summed E-state index contributed by atoms with van der Waals surface area (Å²) in [6.07, 6.45) is 2.16. The Morgan fingerprint density at radius 3 is 2.72 bits per heavy atom. The van der Waals surface area contributed by atoms with Gasteiger partial charge < -0.3 is 14.4 Å². The molecule has 0 aromatic heterocycles. The average molecular weight is 349 g/mol. The number of rotatable bonds is 6. The molecule has 4 nitrogen and oxygen atoms in total. The quantitative estimate of drug-likeness (QED) is 0.735. The van der Waals surface area contributed by atoms with Crippen LogP contribution in [0.2, 0.25) is 0 Å². The summed E-state index contributed by atoms with van der Waals surface area (Å²) in [7, 11) is 0. The molecule has 0 fully saturated rings. The molecule has 1 atom stereocenters. The molecule has 1 amide bonds. The molecular weight excluding hydrogens is 321 g/mol. The van der Waals surface area contributed by atoms with Crippen molar-refractivity contribution in [3.05, 3.63) is 41.7 Å². The summed E-state index contributed by atoms with van der Waals surface area (Å²) in [5, 5.41) is 0. The van der Waals surface area contributed by atoms with Gasteiger partial charge >= 0.3 is 6.09 Å². The van der Waals surface area contributed by atoms with E-state index in [1.54, 1.807) is 4.90 Å². The van der Waals surface area contributed by atoms with Crippen molar-refractivity contribution in [1.29, 1.82) is 0 Å². The number of benzene rings is 1. The highest BCUT2D eigenvalue weighted by molar-refractivity contribution is 5.68. The van der Waals surface area contributed by atoms with Crippen LogP contribution < -0.4 is 4.74 Å². The zero-order valence-corrected chi connectivity index (χ0v) is 15.5. The first-order valence-electron chi connectivity index (χ1n) is 8.85. The van der Waals surface area contributed by atoms with Gasteiger partial charge in [-0.1, -0.05) is 31.5 Å². The Bertz CT molecular complexity index is 597. The van der Waals surface area contributed by atoms with Gasteiger partial charge in [0.25, 0.3) is 0 Å². The molecule has 25 heavy (non-hydrogen) atoms. The number of halogens is 1. The predicted molar refractivity (Wildman–Crippen MR) is 96.5 cm³/mol. The number of carbonyl (C=O) groups excluding carboxylic acids is 1. The molecule has 1 aromatic carbocycles. The lowest BCUT2D eigenvalue weighted by atomic mass is 10.0. The van der Waals surface area contributed by atoms with Crippen molar-refractivity contribution < 1.29 is 18.7 Å². The maximum absolute atomic E-state index is 13.6. The van der Waals surface area contributed by atoms with Gasteiger partial charge in [0.1, 0.15) is 17.5 Å². The molecule has 1 unspecified atom stereocenters. The minimum atomic E-state index is -0.582. The van der Waals surface area contributed by atoms with Crippen LogP contribution in [0.3, 0.4) is 0 Å². The lowest BCUT2D eigenvalue weighted by molar-refractivity contribution is 0.0257. The van der Waals surface area contributed by atoms with E-state index in [9.17, 15) is 9.18 Å². The topological polar surface area (TPSA) is 38.8 Å². The number of nitrogens with zero attached hydrogens (tertiary/aromatic N) is 1. The van der Waals surface area contributed by atoms with E-state index in [4.69, 9.17) is 9.47 Å². The number of fused-ring (bicyclic) bond motifs is 1. The van der Waals surface area contributed by atoms with Crippen molar-refractivity contribution in [3.8, 4) is 5.75 Å². The summed E-state index contributed by atoms with van der Waals surface area (Å²) in [5.41, 5.74) is 0.934. The van der Waals surface area contributed by atoms with Crippen LogP contribution in [0.5, 0.6) is 5.75 Å². The second-order valence-electron chi connectivity index (χ2n) is 7.36. The first-order valence-corrected chi connectivity index (χ1v) is 8.85. The Labute approximate surface area is 149 Å². The van der Waals surface area contributed by atoms with Crippen LogP contribution in [0.15, 0.2) is 36.2 Å². The van der Waals surface area contributed by atoms with Gasteiger partial charge in [-0.2, -0.15) is 0 Å². The highest BCUT2D eigenvalue weighted by Crippen LogP contribution is 2.31. The standard InChI is InChI=1S/C20H28FNO3/c1-5-6-11-22(19(23)25-20(2,3)4)14-16(13-21)18-12-15-9-7-8-10-17(15)24-18/h7-10,13,18H,5-6,11-12,14H2,1-4H3. The van der Waals surface area contributed by atoms with E-state index in [0.717, 1.165) is 24.2 Å². The SMILES string of the molecule is CCCCN(CC(=CF)C1Cc2ccccc2O1)C(=O)OC(C)(C)C. The zero-order chi connectivity index (χ0) is 18.4. The summed E-state index contributed by atoms with van der Waals surface area (Å²) in [5.74, 6) is 0.782. The average Bonchev–Trinajstić information content (AvgIpc) is 2.97. The summed E-state index contributed by atoms with van der Waals surface area (Å²) in [6.45, 7) is 8.23. The van der Waals surface area contributed by atoms with Gasteiger partial charge in [0.05, 0.1) is 12.9 Å². The summed E-state index contributed by atoms with van der Waals surface area (Å²) < 4.78 is 24.9. The maximum atomic E-state index is 13.6. The van der Waals surface area contributed by atoms with Gasteiger partial charge in [-0.25, -0.2) is 9.18 Å². The van der Waals surface area contributed by atoms with E-state index < -0.39 is 11.7 Å². The summed E-state index contributed by atoms with van der Waals surface area (Å²) >= 11 is 0. The van der Waals surface area contributed by atoms with Crippen molar-refractivity contribution in [1.82, 2.24) is 4.90 Å². The van der Waals surface area contributed by atoms with Crippen LogP contribution >= 0.6 is 0 Å². The molecule has 0 N–H and O–H groups in total. The van der Waals surface area contributed by atoms with Gasteiger partial charge in [0.2, 0.25) is 0 Å². The fourth-order valence-corrected chi connectivity index (χ4v) is 2.73. The fourth-order valence-electron chi connectivity index (χ4n) is 2.73. The largest absolute Gasteiger partial charge is 0.485 e. The first kappa shape index (κ1) is 19.3. The molecule has 1 heterocycles. The van der Waals surface area contributed by atoms with Crippen molar-refractivity contribution in [2.75, 3.05) is 13.1 Å². The molecule has 0 saturated carbocycles. The molecule has 1 aromatic rings. The van der Waals surface area contributed by atoms with E-state index in [1.165, 1.54) is 0 Å². The number of amides is 1. The Hall–Kier alpha value is -2.04. The minimum absolute atomic E-state index is 0.171. The molecule has 0 bridgehead atoms. The van der Waals surface area contributed by atoms with E-state index in [-0.39, 0.29) is 12.6 Å². The highest BCUT2D eigenvalue weighted by Gasteiger charge is 2.29. The van der Waals surface area contributed by atoms with Gasteiger partial charge in [0.15, 0.2) is 0 Å². The number of hydrogen-bond acceptors (Lipinski definition) is 3. The third kappa shape index (κ3) is 5.48. The normalized spacial score (nSPS) is 17.0. The van der Waals surface area contributed by atoms with E-state index in [2.05, 4.69) is 6.92 Å². The van der Waals surface area contributed by atoms with Gasteiger partial charge in [-0.15, -0.1) is 0 Å². The fraction of sp³-hybridized carbons (Fsp3) is 0.550. The Morgan fingerprint density at radius 2 is 2.12 bits per heavy atom. The van der Waals surface area contributed by atoms with Crippen molar-refractivity contribution in [2.24, 2.45) is 0 Å². The Balaban J connectivity index is 2.07. The molecule has 0 spiro atoms. The zero-order valence-electron chi connectivity index (χ0n) is 15.5. The van der Waals surface area contributed by atoms with Crippen LogP contribution in [0.4, 0.5) is 9.18 Å². The van der Waals surface area contributed by atoms with Crippen LogP contribution in [-0.4, -0.2) is 35.8 Å². The number of para-hydroxylation sites is 1. The Morgan fingerprint density at radius 1 is 1.40 bits per heavy atom. The molecule has 0 saturated heterocycles. The van der Waals surface area contributed by atoms with Crippen LogP contribution in [-0.2, 0) is 11.2 Å². The third-order valence-corrected chi connectivity index (χ3v) is 4.01. The number of carbonyl (C=O) groups is 1. The molecule has 1 aliphatic heterocycles. The molecule has 0 aliphatic carbocycles. The number of ether oxygens (including phenoxy) is 2. The molecule has 2 rings (SSSR count). The van der Waals surface area contributed by atoms with Crippen molar-refractivity contribution in [3.63, 3.8) is 0 Å². The van der Waals surface area contributed by atoms with E-state index >= 15 is 0 Å². The van der Waals surface area contributed by atoms with E-state index in [1.807, 2.05) is 45.0 Å². The molecule has 138 valence electrons. The minimum Gasteiger partial charge on any atom is -0.485 e. The number of unbranched alkanes of at least 4 members (excludes halogenated alkanes) is 1. The monoisotopic (exact) mass is 349 g/mol. The van der Waals surface area contributed by atoms with Gasteiger partial charge in [0, 0.05) is 18.5 Å². The lowest BCUT2D eigenvalue weighted by Gasteiger charge is -2.29.